The molecule has 1 aliphatic rings. The van der Waals surface area contributed by atoms with Crippen LogP contribution in [0, 0.1) is 0 Å². The lowest BCUT2D eigenvalue weighted by atomic mass is 10.2. The Labute approximate surface area is 90.1 Å². The Balaban J connectivity index is 2.51. The van der Waals surface area contributed by atoms with Gasteiger partial charge in [0.15, 0.2) is 5.76 Å². The van der Waals surface area contributed by atoms with Crippen molar-refractivity contribution in [3.8, 4) is 0 Å². The molecule has 1 aromatic heterocycles. The van der Waals surface area contributed by atoms with Crippen molar-refractivity contribution in [1.82, 2.24) is 10.2 Å². The summed E-state index contributed by atoms with van der Waals surface area (Å²) in [4.78, 5) is 23.0. The number of carboxylic acid groups (broad SMARTS) is 1. The van der Waals surface area contributed by atoms with E-state index in [0.29, 0.717) is 0 Å². The van der Waals surface area contributed by atoms with E-state index in [0.717, 1.165) is 4.90 Å². The Morgan fingerprint density at radius 2 is 2.31 bits per heavy atom. The zero-order chi connectivity index (χ0) is 11.7. The van der Waals surface area contributed by atoms with Crippen LogP contribution in [0.4, 0.5) is 4.79 Å². The molecule has 0 bridgehead atoms. The maximum absolute atomic E-state index is 11.1. The average Bonchev–Trinajstić information content (AvgIpc) is 2.85. The van der Waals surface area contributed by atoms with Gasteiger partial charge in [-0.2, -0.15) is 0 Å². The van der Waals surface area contributed by atoms with Gasteiger partial charge in [-0.25, -0.2) is 4.79 Å². The molecular formula is C9H9N3O4. The summed E-state index contributed by atoms with van der Waals surface area (Å²) in [6, 6.07) is 3.15. The summed E-state index contributed by atoms with van der Waals surface area (Å²) in [7, 11) is 0. The molecule has 1 aliphatic heterocycles. The third kappa shape index (κ3) is 1.48. The number of hydrogen-bond donors (Lipinski definition) is 3. The second kappa shape index (κ2) is 3.61. The largest absolute Gasteiger partial charge is 0.465 e. The van der Waals surface area contributed by atoms with Gasteiger partial charge in [0.05, 0.1) is 12.9 Å². The van der Waals surface area contributed by atoms with Gasteiger partial charge in [-0.15, -0.1) is 0 Å². The van der Waals surface area contributed by atoms with Gasteiger partial charge in [0.25, 0.3) is 5.91 Å². The highest BCUT2D eigenvalue weighted by atomic mass is 16.4. The van der Waals surface area contributed by atoms with Crippen LogP contribution >= 0.6 is 0 Å². The van der Waals surface area contributed by atoms with Gasteiger partial charge in [-0.1, -0.05) is 0 Å². The van der Waals surface area contributed by atoms with Gasteiger partial charge < -0.3 is 20.6 Å². The fourth-order valence-corrected chi connectivity index (χ4v) is 1.49. The minimum atomic E-state index is -1.19. The number of hydrogen-bond acceptors (Lipinski definition) is 4. The van der Waals surface area contributed by atoms with Crippen molar-refractivity contribution in [1.29, 1.82) is 0 Å². The zero-order valence-corrected chi connectivity index (χ0v) is 8.14. The predicted octanol–water partition coefficient (Wildman–Crippen LogP) is -0.0258. The summed E-state index contributed by atoms with van der Waals surface area (Å²) < 4.78 is 5.07. The summed E-state index contributed by atoms with van der Waals surface area (Å²) in [6.45, 7) is -0.0242. The molecule has 0 saturated carbocycles. The van der Waals surface area contributed by atoms with Crippen LogP contribution in [0.3, 0.4) is 0 Å². The molecule has 0 spiro atoms. The minimum Gasteiger partial charge on any atom is -0.465 e. The van der Waals surface area contributed by atoms with E-state index in [2.05, 4.69) is 5.32 Å². The second-order valence-corrected chi connectivity index (χ2v) is 3.11. The summed E-state index contributed by atoms with van der Waals surface area (Å²) in [5.41, 5.74) is 5.32. The highest BCUT2D eigenvalue weighted by Gasteiger charge is 2.32. The van der Waals surface area contributed by atoms with E-state index in [1.165, 1.54) is 6.26 Å². The first-order chi connectivity index (χ1) is 7.61. The summed E-state index contributed by atoms with van der Waals surface area (Å²) in [6.07, 6.45) is 0.203. The number of nitrogens with one attached hydrogen (secondary N) is 1. The lowest BCUT2D eigenvalue weighted by Gasteiger charge is -2.12. The van der Waals surface area contributed by atoms with Gasteiger partial charge in [0.2, 0.25) is 0 Å². The Morgan fingerprint density at radius 3 is 2.81 bits per heavy atom. The molecule has 2 amide bonds. The fraction of sp³-hybridized carbons (Fsp3) is 0.111. The van der Waals surface area contributed by atoms with E-state index in [9.17, 15) is 9.59 Å². The van der Waals surface area contributed by atoms with Gasteiger partial charge in [0.1, 0.15) is 11.4 Å². The van der Waals surface area contributed by atoms with E-state index < -0.39 is 12.0 Å². The molecule has 0 saturated heterocycles. The fourth-order valence-electron chi connectivity index (χ4n) is 1.49. The highest BCUT2D eigenvalue weighted by molar-refractivity contribution is 6.01. The first-order valence-corrected chi connectivity index (χ1v) is 4.43. The van der Waals surface area contributed by atoms with E-state index in [1.807, 2.05) is 0 Å². The quantitative estimate of drug-likeness (QED) is 0.652. The molecule has 7 heteroatoms. The molecule has 84 valence electrons. The molecule has 4 N–H and O–H groups in total. The number of primary amides is 1. The van der Waals surface area contributed by atoms with Gasteiger partial charge in [-0.3, -0.25) is 9.69 Å². The first-order valence-electron chi connectivity index (χ1n) is 4.43. The van der Waals surface area contributed by atoms with Crippen LogP contribution in [0.25, 0.3) is 5.70 Å². The Bertz CT molecular complexity index is 463. The maximum atomic E-state index is 11.1. The topological polar surface area (TPSA) is 109 Å². The predicted molar refractivity (Wildman–Crippen MR) is 52.7 cm³/mol. The normalized spacial score (nSPS) is 15.1. The van der Waals surface area contributed by atoms with Crippen molar-refractivity contribution < 1.29 is 19.1 Å². The summed E-state index contributed by atoms with van der Waals surface area (Å²) >= 11 is 0. The smallest absolute Gasteiger partial charge is 0.413 e. The molecule has 0 aromatic carbocycles. The molecule has 0 atom stereocenters. The number of amides is 2. The van der Waals surface area contributed by atoms with Crippen molar-refractivity contribution in [2.24, 2.45) is 5.73 Å². The number of carbonyl (C=O) groups is 2. The van der Waals surface area contributed by atoms with Crippen molar-refractivity contribution >= 4 is 17.7 Å². The van der Waals surface area contributed by atoms with Crippen molar-refractivity contribution in [2.75, 3.05) is 6.67 Å². The average molecular weight is 223 g/mol. The van der Waals surface area contributed by atoms with Gasteiger partial charge >= 0.3 is 6.09 Å². The van der Waals surface area contributed by atoms with Crippen LogP contribution in [-0.2, 0) is 4.79 Å². The van der Waals surface area contributed by atoms with Gasteiger partial charge in [-0.05, 0) is 12.1 Å². The van der Waals surface area contributed by atoms with Gasteiger partial charge in [0, 0.05) is 0 Å². The Hall–Kier alpha value is -2.44. The van der Waals surface area contributed by atoms with E-state index in [1.54, 1.807) is 12.1 Å². The van der Waals surface area contributed by atoms with E-state index >= 15 is 0 Å². The summed E-state index contributed by atoms with van der Waals surface area (Å²) in [5.74, 6) is -0.448. The van der Waals surface area contributed by atoms with Crippen LogP contribution in [0.2, 0.25) is 0 Å². The van der Waals surface area contributed by atoms with Crippen molar-refractivity contribution in [2.45, 2.75) is 0 Å². The lowest BCUT2D eigenvalue weighted by molar-refractivity contribution is -0.114. The molecule has 0 fully saturated rings. The third-order valence-electron chi connectivity index (χ3n) is 2.15. The molecular weight excluding hydrogens is 214 g/mol. The first kappa shape index (κ1) is 10.1. The van der Waals surface area contributed by atoms with Crippen LogP contribution < -0.4 is 11.1 Å². The SMILES string of the molecule is NC(=O)C1=C(c2ccco2)N(C(=O)O)CN1. The monoisotopic (exact) mass is 223 g/mol. The minimum absolute atomic E-state index is 0.0242. The second-order valence-electron chi connectivity index (χ2n) is 3.11. The van der Waals surface area contributed by atoms with E-state index in [-0.39, 0.29) is 23.8 Å². The molecule has 7 nitrogen and oxygen atoms in total. The lowest BCUT2D eigenvalue weighted by Crippen LogP contribution is -2.29. The molecule has 0 unspecified atom stereocenters. The zero-order valence-electron chi connectivity index (χ0n) is 8.14. The molecule has 2 rings (SSSR count). The number of nitrogens with two attached hydrogens (primary N) is 1. The van der Waals surface area contributed by atoms with Crippen LogP contribution in [0.15, 0.2) is 28.5 Å². The third-order valence-corrected chi connectivity index (χ3v) is 2.15. The van der Waals surface area contributed by atoms with Crippen molar-refractivity contribution in [3.63, 3.8) is 0 Å². The molecule has 0 aliphatic carbocycles. The van der Waals surface area contributed by atoms with Crippen LogP contribution in [0.1, 0.15) is 5.76 Å². The number of nitrogens with zero attached hydrogens (tertiary/aromatic N) is 1. The summed E-state index contributed by atoms with van der Waals surface area (Å²) in [5, 5.41) is 11.6. The standard InChI is InChI=1S/C9H9N3O4/c10-8(13)6-7(5-2-1-3-16-5)12(4-11-6)9(14)15/h1-3,11H,4H2,(H2,10,13)(H,14,15). The van der Waals surface area contributed by atoms with Crippen molar-refractivity contribution in [3.05, 3.63) is 29.9 Å². The molecule has 1 aromatic rings. The van der Waals surface area contributed by atoms with E-state index in [4.69, 9.17) is 15.3 Å². The molecule has 16 heavy (non-hydrogen) atoms. The maximum Gasteiger partial charge on any atom is 0.413 e. The van der Waals surface area contributed by atoms with Crippen LogP contribution in [0.5, 0.6) is 0 Å². The Morgan fingerprint density at radius 1 is 1.56 bits per heavy atom. The molecule has 0 radical (unpaired) electrons. The molecule has 2 heterocycles. The number of furan rings is 1. The number of rotatable bonds is 2. The number of carbonyl (C=O) groups excluding carboxylic acids is 1. The Kier molecular flexibility index (Phi) is 2.28. The van der Waals surface area contributed by atoms with Crippen LogP contribution in [-0.4, -0.2) is 28.7 Å². The highest BCUT2D eigenvalue weighted by Crippen LogP contribution is 2.26.